The van der Waals surface area contributed by atoms with Gasteiger partial charge in [0.25, 0.3) is 11.8 Å². The third-order valence-corrected chi connectivity index (χ3v) is 5.10. The Morgan fingerprint density at radius 1 is 1.27 bits per heavy atom. The summed E-state index contributed by atoms with van der Waals surface area (Å²) in [6.07, 6.45) is 1.98. The quantitative estimate of drug-likeness (QED) is 0.919. The minimum Gasteiger partial charge on any atom is -0.351 e. The van der Waals surface area contributed by atoms with Crippen LogP contribution >= 0.6 is 0 Å². The first kappa shape index (κ1) is 16.6. The summed E-state index contributed by atoms with van der Waals surface area (Å²) in [6, 6.07) is 11.1. The van der Waals surface area contributed by atoms with E-state index in [1.807, 2.05) is 11.8 Å². The molecule has 4 rings (SSSR count). The fourth-order valence-corrected chi connectivity index (χ4v) is 3.85. The van der Waals surface area contributed by atoms with Gasteiger partial charge in [-0.25, -0.2) is 4.39 Å². The van der Waals surface area contributed by atoms with Crippen LogP contribution in [0, 0.1) is 5.82 Å². The molecule has 1 N–H and O–H groups in total. The second kappa shape index (κ2) is 6.44. The number of benzene rings is 2. The van der Waals surface area contributed by atoms with Crippen LogP contribution in [0.15, 0.2) is 42.5 Å². The third-order valence-electron chi connectivity index (χ3n) is 5.10. The Hall–Kier alpha value is -2.89. The lowest BCUT2D eigenvalue weighted by Gasteiger charge is -2.41. The van der Waals surface area contributed by atoms with E-state index < -0.39 is 11.7 Å². The van der Waals surface area contributed by atoms with E-state index in [-0.39, 0.29) is 17.8 Å². The number of para-hydroxylation sites is 1. The van der Waals surface area contributed by atoms with Crippen molar-refractivity contribution in [1.82, 2.24) is 4.90 Å². The SMILES string of the molecule is CCN1c2cc(C(=O)Nc3ccccc3F)ccc2C(=O)N2CCCC21. The zero-order valence-electron chi connectivity index (χ0n) is 14.5. The molecular weight excluding hydrogens is 333 g/mol. The van der Waals surface area contributed by atoms with Gasteiger partial charge in [-0.05, 0) is 50.1 Å². The van der Waals surface area contributed by atoms with Crippen molar-refractivity contribution < 1.29 is 14.0 Å². The highest BCUT2D eigenvalue weighted by Crippen LogP contribution is 2.36. The molecule has 0 aliphatic carbocycles. The van der Waals surface area contributed by atoms with Crippen molar-refractivity contribution in [3.8, 4) is 0 Å². The number of halogens is 1. The predicted octanol–water partition coefficient (Wildman–Crippen LogP) is 3.48. The first-order chi connectivity index (χ1) is 12.6. The van der Waals surface area contributed by atoms with Crippen LogP contribution in [0.1, 0.15) is 40.5 Å². The molecule has 1 unspecified atom stereocenters. The second-order valence-electron chi connectivity index (χ2n) is 6.57. The van der Waals surface area contributed by atoms with E-state index in [9.17, 15) is 14.0 Å². The molecule has 2 aromatic rings. The fraction of sp³-hybridized carbons (Fsp3) is 0.300. The highest BCUT2D eigenvalue weighted by atomic mass is 19.1. The van der Waals surface area contributed by atoms with E-state index >= 15 is 0 Å². The van der Waals surface area contributed by atoms with Crippen LogP contribution in [-0.2, 0) is 0 Å². The average Bonchev–Trinajstić information content (AvgIpc) is 3.13. The maximum atomic E-state index is 13.8. The van der Waals surface area contributed by atoms with Crippen LogP contribution in [0.4, 0.5) is 15.8 Å². The summed E-state index contributed by atoms with van der Waals surface area (Å²) in [4.78, 5) is 29.4. The molecule has 1 atom stereocenters. The van der Waals surface area contributed by atoms with Gasteiger partial charge in [0.2, 0.25) is 0 Å². The van der Waals surface area contributed by atoms with Crippen LogP contribution in [0.5, 0.6) is 0 Å². The topological polar surface area (TPSA) is 52.7 Å². The van der Waals surface area contributed by atoms with E-state index in [1.165, 1.54) is 12.1 Å². The summed E-state index contributed by atoms with van der Waals surface area (Å²) in [6.45, 7) is 3.57. The molecule has 5 nitrogen and oxygen atoms in total. The molecule has 0 bridgehead atoms. The molecule has 134 valence electrons. The molecule has 6 heteroatoms. The van der Waals surface area contributed by atoms with Crippen LogP contribution in [0.3, 0.4) is 0 Å². The predicted molar refractivity (Wildman–Crippen MR) is 97.9 cm³/mol. The molecule has 1 saturated heterocycles. The summed E-state index contributed by atoms with van der Waals surface area (Å²) >= 11 is 0. The van der Waals surface area contributed by atoms with E-state index in [0.717, 1.165) is 31.6 Å². The fourth-order valence-electron chi connectivity index (χ4n) is 3.85. The Kier molecular flexibility index (Phi) is 4.11. The van der Waals surface area contributed by atoms with Crippen LogP contribution in [0.2, 0.25) is 0 Å². The van der Waals surface area contributed by atoms with Gasteiger partial charge >= 0.3 is 0 Å². The van der Waals surface area contributed by atoms with Gasteiger partial charge < -0.3 is 15.1 Å². The van der Waals surface area contributed by atoms with Crippen molar-refractivity contribution >= 4 is 23.2 Å². The van der Waals surface area contributed by atoms with Crippen molar-refractivity contribution in [1.29, 1.82) is 0 Å². The lowest BCUT2D eigenvalue weighted by Crippen LogP contribution is -2.52. The summed E-state index contributed by atoms with van der Waals surface area (Å²) < 4.78 is 13.8. The molecule has 2 aliphatic rings. The van der Waals surface area contributed by atoms with E-state index in [4.69, 9.17) is 0 Å². The number of fused-ring (bicyclic) bond motifs is 2. The Balaban J connectivity index is 1.67. The molecule has 2 aromatic carbocycles. The highest BCUT2D eigenvalue weighted by Gasteiger charge is 2.39. The summed E-state index contributed by atoms with van der Waals surface area (Å²) in [5.74, 6) is -0.853. The van der Waals surface area contributed by atoms with Crippen molar-refractivity contribution in [2.24, 2.45) is 0 Å². The van der Waals surface area contributed by atoms with Gasteiger partial charge in [-0.2, -0.15) is 0 Å². The minimum absolute atomic E-state index is 0.0215. The van der Waals surface area contributed by atoms with Crippen molar-refractivity contribution in [2.75, 3.05) is 23.3 Å². The molecule has 2 amide bonds. The van der Waals surface area contributed by atoms with Gasteiger partial charge in [0.1, 0.15) is 12.0 Å². The summed E-state index contributed by atoms with van der Waals surface area (Å²) in [7, 11) is 0. The normalized spacial score (nSPS) is 18.5. The first-order valence-electron chi connectivity index (χ1n) is 8.87. The van der Waals surface area contributed by atoms with Crippen LogP contribution in [0.25, 0.3) is 0 Å². The lowest BCUT2D eigenvalue weighted by atomic mass is 10.0. The standard InChI is InChI=1S/C20H20FN3O2/c1-2-23-17-12-13(19(25)22-16-7-4-3-6-15(16)21)9-10-14(17)20(26)24-11-5-8-18(23)24/h3-4,6-7,9-10,12,18H,2,5,8,11H2,1H3,(H,22,25). The zero-order chi connectivity index (χ0) is 18.3. The number of nitrogens with zero attached hydrogens (tertiary/aromatic N) is 2. The van der Waals surface area contributed by atoms with Gasteiger partial charge in [-0.15, -0.1) is 0 Å². The zero-order valence-corrected chi connectivity index (χ0v) is 14.5. The lowest BCUT2D eigenvalue weighted by molar-refractivity contribution is 0.0715. The number of carbonyl (C=O) groups is 2. The van der Waals surface area contributed by atoms with E-state index in [2.05, 4.69) is 10.2 Å². The number of carbonyl (C=O) groups excluding carboxylic acids is 2. The third kappa shape index (κ3) is 2.62. The van der Waals surface area contributed by atoms with Gasteiger partial charge in [0.15, 0.2) is 0 Å². The molecule has 26 heavy (non-hydrogen) atoms. The van der Waals surface area contributed by atoms with E-state index in [0.29, 0.717) is 11.1 Å². The number of rotatable bonds is 3. The largest absolute Gasteiger partial charge is 0.351 e. The highest BCUT2D eigenvalue weighted by molar-refractivity contribution is 6.08. The van der Waals surface area contributed by atoms with Gasteiger partial charge in [0.05, 0.1) is 16.9 Å². The van der Waals surface area contributed by atoms with Gasteiger partial charge in [-0.1, -0.05) is 12.1 Å². The Morgan fingerprint density at radius 3 is 2.85 bits per heavy atom. The summed E-state index contributed by atoms with van der Waals surface area (Å²) in [5.41, 5.74) is 1.94. The monoisotopic (exact) mass is 353 g/mol. The molecule has 0 saturated carbocycles. The molecule has 0 radical (unpaired) electrons. The average molecular weight is 353 g/mol. The minimum atomic E-state index is -0.481. The molecule has 1 fully saturated rings. The Bertz CT molecular complexity index is 883. The number of hydrogen-bond acceptors (Lipinski definition) is 3. The number of nitrogens with one attached hydrogen (secondary N) is 1. The molecule has 2 aliphatic heterocycles. The summed E-state index contributed by atoms with van der Waals surface area (Å²) in [5, 5.41) is 2.60. The maximum absolute atomic E-state index is 13.8. The Labute approximate surface area is 151 Å². The molecule has 2 heterocycles. The molecule has 0 spiro atoms. The van der Waals surface area contributed by atoms with E-state index in [1.54, 1.807) is 30.3 Å². The smallest absolute Gasteiger partial charge is 0.257 e. The van der Waals surface area contributed by atoms with Crippen LogP contribution in [-0.4, -0.2) is 36.0 Å². The number of hydrogen-bond donors (Lipinski definition) is 1. The van der Waals surface area contributed by atoms with Crippen molar-refractivity contribution in [2.45, 2.75) is 25.9 Å². The number of amides is 2. The second-order valence-corrected chi connectivity index (χ2v) is 6.57. The first-order valence-corrected chi connectivity index (χ1v) is 8.87. The van der Waals surface area contributed by atoms with Gasteiger partial charge in [-0.3, -0.25) is 9.59 Å². The maximum Gasteiger partial charge on any atom is 0.257 e. The van der Waals surface area contributed by atoms with Gasteiger partial charge in [0, 0.05) is 18.7 Å². The molecular formula is C20H20FN3O2. The van der Waals surface area contributed by atoms with Crippen molar-refractivity contribution in [3.05, 3.63) is 59.4 Å². The molecule has 0 aromatic heterocycles. The van der Waals surface area contributed by atoms with Crippen molar-refractivity contribution in [3.63, 3.8) is 0 Å². The number of anilines is 2. The van der Waals surface area contributed by atoms with Crippen LogP contribution < -0.4 is 10.2 Å². The Morgan fingerprint density at radius 2 is 2.08 bits per heavy atom.